The molecule has 1 atom stereocenters. The van der Waals surface area contributed by atoms with E-state index in [1.165, 1.54) is 6.26 Å². The van der Waals surface area contributed by atoms with E-state index in [0.717, 1.165) is 19.3 Å². The Bertz CT molecular complexity index is 685. The number of likely N-dealkylation sites (tertiary alicyclic amines) is 1. The summed E-state index contributed by atoms with van der Waals surface area (Å²) in [6.45, 7) is 2.27. The molecule has 2 saturated heterocycles. The first-order chi connectivity index (χ1) is 11.4. The molecule has 1 aromatic heterocycles. The fraction of sp³-hybridized carbons (Fsp3) is 0.625. The van der Waals surface area contributed by atoms with E-state index in [2.05, 4.69) is 9.71 Å². The molecular formula is C16H23N3O4S. The summed E-state index contributed by atoms with van der Waals surface area (Å²) < 4.78 is 31.5. The molecule has 1 amide bonds. The zero-order valence-corrected chi connectivity index (χ0v) is 14.6. The van der Waals surface area contributed by atoms with Gasteiger partial charge in [0.2, 0.25) is 10.0 Å². The highest BCUT2D eigenvalue weighted by molar-refractivity contribution is 7.88. The molecule has 0 aromatic carbocycles. The molecule has 2 aliphatic heterocycles. The number of sulfonamides is 1. The number of pyridine rings is 1. The summed E-state index contributed by atoms with van der Waals surface area (Å²) in [4.78, 5) is 18.4. The lowest BCUT2D eigenvalue weighted by Gasteiger charge is -2.48. The van der Waals surface area contributed by atoms with E-state index < -0.39 is 10.0 Å². The molecule has 0 bridgehead atoms. The molecule has 24 heavy (non-hydrogen) atoms. The Labute approximate surface area is 142 Å². The summed E-state index contributed by atoms with van der Waals surface area (Å²) in [6, 6.07) is 3.29. The molecule has 0 aliphatic carbocycles. The van der Waals surface area contributed by atoms with Crippen LogP contribution in [0.3, 0.4) is 0 Å². The van der Waals surface area contributed by atoms with Crippen LogP contribution in [0, 0.1) is 5.41 Å². The van der Waals surface area contributed by atoms with Crippen molar-refractivity contribution in [1.82, 2.24) is 14.6 Å². The third-order valence-corrected chi connectivity index (χ3v) is 5.79. The first-order valence-corrected chi connectivity index (χ1v) is 10.0. The van der Waals surface area contributed by atoms with E-state index >= 15 is 0 Å². The highest BCUT2D eigenvalue weighted by Crippen LogP contribution is 2.41. The summed E-state index contributed by atoms with van der Waals surface area (Å²) >= 11 is 0. The van der Waals surface area contributed by atoms with Gasteiger partial charge in [-0.25, -0.2) is 13.1 Å². The fourth-order valence-electron chi connectivity index (χ4n) is 3.67. The van der Waals surface area contributed by atoms with E-state index in [4.69, 9.17) is 4.74 Å². The van der Waals surface area contributed by atoms with Gasteiger partial charge in [-0.05, 0) is 36.8 Å². The van der Waals surface area contributed by atoms with Gasteiger partial charge in [-0.15, -0.1) is 0 Å². The summed E-state index contributed by atoms with van der Waals surface area (Å²) in [5.74, 6) is -0.0161. The summed E-state index contributed by atoms with van der Waals surface area (Å²) in [6.07, 6.45) is 6.76. The van der Waals surface area contributed by atoms with Crippen molar-refractivity contribution in [1.29, 1.82) is 0 Å². The van der Waals surface area contributed by atoms with Crippen LogP contribution < -0.4 is 4.72 Å². The fourth-order valence-corrected chi connectivity index (χ4v) is 4.51. The molecule has 2 aliphatic rings. The van der Waals surface area contributed by atoms with Crippen LogP contribution in [0.15, 0.2) is 24.5 Å². The Morgan fingerprint density at radius 1 is 1.38 bits per heavy atom. The third kappa shape index (κ3) is 3.76. The van der Waals surface area contributed by atoms with Gasteiger partial charge in [0.25, 0.3) is 5.91 Å². The van der Waals surface area contributed by atoms with Gasteiger partial charge in [0, 0.05) is 32.1 Å². The summed E-state index contributed by atoms with van der Waals surface area (Å²) in [7, 11) is -3.29. The van der Waals surface area contributed by atoms with Crippen LogP contribution in [-0.4, -0.2) is 62.8 Å². The average molecular weight is 353 g/mol. The second kappa shape index (κ2) is 6.78. The minimum Gasteiger partial charge on any atom is -0.380 e. The van der Waals surface area contributed by atoms with Crippen molar-refractivity contribution in [3.63, 3.8) is 0 Å². The van der Waals surface area contributed by atoms with Crippen LogP contribution in [0.2, 0.25) is 0 Å². The molecule has 3 heterocycles. The zero-order chi connectivity index (χ0) is 17.2. The van der Waals surface area contributed by atoms with Crippen molar-refractivity contribution >= 4 is 15.9 Å². The monoisotopic (exact) mass is 353 g/mol. The molecule has 8 heteroatoms. The van der Waals surface area contributed by atoms with Gasteiger partial charge >= 0.3 is 0 Å². The number of nitrogens with zero attached hydrogens (tertiary/aromatic N) is 2. The van der Waals surface area contributed by atoms with Crippen molar-refractivity contribution in [3.8, 4) is 0 Å². The molecule has 132 valence electrons. The summed E-state index contributed by atoms with van der Waals surface area (Å²) in [5.41, 5.74) is 0.457. The number of aromatic nitrogens is 1. The highest BCUT2D eigenvalue weighted by Gasteiger charge is 2.45. The minimum atomic E-state index is -3.29. The maximum atomic E-state index is 12.5. The van der Waals surface area contributed by atoms with E-state index in [1.807, 2.05) is 4.90 Å². The van der Waals surface area contributed by atoms with Gasteiger partial charge < -0.3 is 9.64 Å². The Morgan fingerprint density at radius 3 is 2.75 bits per heavy atom. The maximum Gasteiger partial charge on any atom is 0.255 e. The van der Waals surface area contributed by atoms with Gasteiger partial charge in [-0.2, -0.15) is 0 Å². The van der Waals surface area contributed by atoms with Gasteiger partial charge in [0.1, 0.15) is 0 Å². The Kier molecular flexibility index (Phi) is 4.89. The van der Waals surface area contributed by atoms with E-state index in [-0.39, 0.29) is 17.4 Å². The van der Waals surface area contributed by atoms with Gasteiger partial charge in [0.15, 0.2) is 0 Å². The zero-order valence-electron chi connectivity index (χ0n) is 13.8. The van der Waals surface area contributed by atoms with Crippen LogP contribution in [0.25, 0.3) is 0 Å². The predicted molar refractivity (Wildman–Crippen MR) is 89.0 cm³/mol. The van der Waals surface area contributed by atoms with Gasteiger partial charge in [-0.1, -0.05) is 0 Å². The normalized spacial score (nSPS) is 24.0. The molecule has 1 N–H and O–H groups in total. The topological polar surface area (TPSA) is 88.6 Å². The summed E-state index contributed by atoms with van der Waals surface area (Å²) in [5, 5.41) is 0. The van der Waals surface area contributed by atoms with Crippen molar-refractivity contribution in [2.45, 2.75) is 25.3 Å². The number of ether oxygens (including phenoxy) is 1. The molecule has 1 aromatic rings. The molecular weight excluding hydrogens is 330 g/mol. The van der Waals surface area contributed by atoms with Crippen molar-refractivity contribution in [2.24, 2.45) is 5.41 Å². The largest absolute Gasteiger partial charge is 0.380 e. The van der Waals surface area contributed by atoms with Crippen LogP contribution in [0.4, 0.5) is 0 Å². The minimum absolute atomic E-state index is 0.0161. The highest BCUT2D eigenvalue weighted by atomic mass is 32.2. The van der Waals surface area contributed by atoms with Crippen LogP contribution in [0.1, 0.15) is 29.6 Å². The number of hydrogen-bond donors (Lipinski definition) is 1. The second-order valence-corrected chi connectivity index (χ2v) is 8.44. The number of nitrogens with one attached hydrogen (secondary N) is 1. The van der Waals surface area contributed by atoms with Crippen molar-refractivity contribution in [3.05, 3.63) is 30.1 Å². The second-order valence-electron chi connectivity index (χ2n) is 6.66. The van der Waals surface area contributed by atoms with E-state index in [9.17, 15) is 13.2 Å². The molecule has 2 fully saturated rings. The predicted octanol–water partition coefficient (Wildman–Crippen LogP) is 0.642. The molecule has 0 radical (unpaired) electrons. The van der Waals surface area contributed by atoms with Crippen molar-refractivity contribution in [2.75, 3.05) is 32.6 Å². The Hall–Kier alpha value is -1.51. The van der Waals surface area contributed by atoms with Gasteiger partial charge in [-0.3, -0.25) is 9.78 Å². The van der Waals surface area contributed by atoms with E-state index in [1.54, 1.807) is 24.5 Å². The molecule has 1 spiro atoms. The molecule has 0 unspecified atom stereocenters. The first-order valence-electron chi connectivity index (χ1n) is 8.14. The third-order valence-electron chi connectivity index (χ3n) is 5.08. The van der Waals surface area contributed by atoms with E-state index in [0.29, 0.717) is 31.9 Å². The number of piperidine rings is 1. The number of carbonyl (C=O) groups excluding carboxylic acids is 1. The molecule has 7 nitrogen and oxygen atoms in total. The maximum absolute atomic E-state index is 12.5. The lowest BCUT2D eigenvalue weighted by molar-refractivity contribution is -0.0400. The quantitative estimate of drug-likeness (QED) is 0.862. The number of rotatable bonds is 3. The van der Waals surface area contributed by atoms with Gasteiger partial charge in [0.05, 0.1) is 24.5 Å². The lowest BCUT2D eigenvalue weighted by atomic mass is 9.69. The molecule has 3 rings (SSSR count). The van der Waals surface area contributed by atoms with Crippen LogP contribution >= 0.6 is 0 Å². The Morgan fingerprint density at radius 2 is 2.12 bits per heavy atom. The smallest absolute Gasteiger partial charge is 0.255 e. The SMILES string of the molecule is CS(=O)(=O)N[C@@H]1COCCC12CCN(C(=O)c1cccnc1)CC2. The average Bonchev–Trinajstić information content (AvgIpc) is 2.57. The molecule has 0 saturated carbocycles. The standard InChI is InChI=1S/C16H23N3O4S/c1-24(21,22)18-14-12-23-10-6-16(14)4-8-19(9-5-16)15(20)13-3-2-7-17-11-13/h2-3,7,11,14,18H,4-6,8-10,12H2,1H3/t14-/m1/s1. The van der Waals surface area contributed by atoms with Crippen LogP contribution in [-0.2, 0) is 14.8 Å². The number of hydrogen-bond acceptors (Lipinski definition) is 5. The Balaban J connectivity index is 1.69. The lowest BCUT2D eigenvalue weighted by Crippen LogP contribution is -2.57. The van der Waals surface area contributed by atoms with Crippen LogP contribution in [0.5, 0.6) is 0 Å². The first kappa shape index (κ1) is 17.3. The van der Waals surface area contributed by atoms with Crippen molar-refractivity contribution < 1.29 is 17.9 Å². The number of carbonyl (C=O) groups is 1. The number of amides is 1.